The van der Waals surface area contributed by atoms with Gasteiger partial charge in [0.25, 0.3) is 0 Å². The minimum absolute atomic E-state index is 0.0615. The molecule has 1 aromatic rings. The van der Waals surface area contributed by atoms with Gasteiger partial charge in [-0.3, -0.25) is 9.69 Å². The minimum atomic E-state index is -0.0776. The maximum absolute atomic E-state index is 12.3. The number of aromatic nitrogens is 1. The van der Waals surface area contributed by atoms with Crippen LogP contribution in [0.3, 0.4) is 0 Å². The first kappa shape index (κ1) is 15.9. The van der Waals surface area contributed by atoms with Gasteiger partial charge in [0.1, 0.15) is 0 Å². The predicted molar refractivity (Wildman–Crippen MR) is 90.2 cm³/mol. The van der Waals surface area contributed by atoms with Gasteiger partial charge in [-0.1, -0.05) is 6.42 Å². The average Bonchev–Trinajstić information content (AvgIpc) is 3.08. The van der Waals surface area contributed by atoms with E-state index in [4.69, 9.17) is 0 Å². The number of thiazole rings is 1. The van der Waals surface area contributed by atoms with Crippen LogP contribution in [0.25, 0.3) is 0 Å². The predicted octanol–water partition coefficient (Wildman–Crippen LogP) is 2.42. The topological polar surface area (TPSA) is 48.5 Å². The number of nitrogens with one attached hydrogen (secondary N) is 1. The fourth-order valence-electron chi connectivity index (χ4n) is 3.58. The molecule has 3 rings (SSSR count). The highest BCUT2D eigenvalue weighted by molar-refractivity contribution is 7.13. The Morgan fingerprint density at radius 3 is 2.64 bits per heavy atom. The second kappa shape index (κ2) is 7.53. The van der Waals surface area contributed by atoms with Crippen molar-refractivity contribution in [1.82, 2.24) is 14.8 Å². The van der Waals surface area contributed by atoms with Crippen LogP contribution in [-0.2, 0) is 4.79 Å². The molecule has 0 bridgehead atoms. The zero-order valence-electron chi connectivity index (χ0n) is 13.3. The van der Waals surface area contributed by atoms with Gasteiger partial charge < -0.3 is 10.2 Å². The molecular weight excluding hydrogens is 296 g/mol. The molecule has 0 spiro atoms. The van der Waals surface area contributed by atoms with Crippen molar-refractivity contribution in [2.24, 2.45) is 0 Å². The van der Waals surface area contributed by atoms with Crippen molar-refractivity contribution in [3.05, 3.63) is 11.6 Å². The lowest BCUT2D eigenvalue weighted by atomic mass is 9.99. The van der Waals surface area contributed by atoms with E-state index in [-0.39, 0.29) is 11.9 Å². The molecule has 1 amide bonds. The fourth-order valence-corrected chi connectivity index (χ4v) is 4.11. The van der Waals surface area contributed by atoms with Crippen molar-refractivity contribution < 1.29 is 4.79 Å². The van der Waals surface area contributed by atoms with Crippen molar-refractivity contribution in [2.75, 3.05) is 31.5 Å². The van der Waals surface area contributed by atoms with Crippen LogP contribution in [0.15, 0.2) is 11.6 Å². The number of amides is 1. The number of hydrogen-bond donors (Lipinski definition) is 1. The van der Waals surface area contributed by atoms with Crippen LogP contribution in [0.4, 0.5) is 5.13 Å². The van der Waals surface area contributed by atoms with E-state index in [0.717, 1.165) is 19.1 Å². The summed E-state index contributed by atoms with van der Waals surface area (Å²) in [7, 11) is 0. The summed E-state index contributed by atoms with van der Waals surface area (Å²) in [6.45, 7) is 6.58. The molecule has 3 heterocycles. The number of carbonyl (C=O) groups excluding carboxylic acids is 1. The molecule has 0 unspecified atom stereocenters. The molecule has 2 saturated heterocycles. The highest BCUT2D eigenvalue weighted by atomic mass is 32.1. The number of piperidine rings is 2. The van der Waals surface area contributed by atoms with Gasteiger partial charge in [-0.15, -0.1) is 11.3 Å². The Morgan fingerprint density at radius 1 is 1.27 bits per heavy atom. The van der Waals surface area contributed by atoms with Crippen LogP contribution in [0.5, 0.6) is 0 Å². The summed E-state index contributed by atoms with van der Waals surface area (Å²) in [6.07, 6.45) is 8.20. The molecule has 0 aliphatic carbocycles. The van der Waals surface area contributed by atoms with Gasteiger partial charge in [0, 0.05) is 30.7 Å². The third-order valence-electron chi connectivity index (χ3n) is 5.00. The Hall–Kier alpha value is -0.980. The molecule has 122 valence electrons. The van der Waals surface area contributed by atoms with E-state index >= 15 is 0 Å². The van der Waals surface area contributed by atoms with Crippen LogP contribution in [0, 0.1) is 0 Å². The molecular formula is C16H26N4OS. The Balaban J connectivity index is 1.46. The molecule has 1 atom stereocenters. The highest BCUT2D eigenvalue weighted by Gasteiger charge is 2.29. The van der Waals surface area contributed by atoms with Gasteiger partial charge in [-0.2, -0.15) is 0 Å². The van der Waals surface area contributed by atoms with Crippen molar-refractivity contribution in [3.8, 4) is 0 Å². The summed E-state index contributed by atoms with van der Waals surface area (Å²) >= 11 is 1.47. The van der Waals surface area contributed by atoms with Gasteiger partial charge >= 0.3 is 0 Å². The Kier molecular flexibility index (Phi) is 5.44. The van der Waals surface area contributed by atoms with E-state index in [9.17, 15) is 4.79 Å². The van der Waals surface area contributed by atoms with E-state index in [1.54, 1.807) is 6.20 Å². The number of likely N-dealkylation sites (tertiary alicyclic amines) is 2. The molecule has 1 aromatic heterocycles. The molecule has 5 nitrogen and oxygen atoms in total. The van der Waals surface area contributed by atoms with E-state index in [2.05, 4.69) is 20.1 Å². The second-order valence-electron chi connectivity index (χ2n) is 6.37. The monoisotopic (exact) mass is 322 g/mol. The summed E-state index contributed by atoms with van der Waals surface area (Å²) in [4.78, 5) is 21.4. The van der Waals surface area contributed by atoms with Gasteiger partial charge in [0.2, 0.25) is 5.91 Å². The SMILES string of the molecule is C[C@@H](C(=O)Nc1nccs1)N1CCC(N2CCCCC2)CC1. The van der Waals surface area contributed by atoms with Crippen molar-refractivity contribution in [3.63, 3.8) is 0 Å². The first-order valence-corrected chi connectivity index (χ1v) is 9.30. The van der Waals surface area contributed by atoms with Gasteiger partial charge in [0.05, 0.1) is 6.04 Å². The number of hydrogen-bond acceptors (Lipinski definition) is 5. The molecule has 2 fully saturated rings. The van der Waals surface area contributed by atoms with Crippen molar-refractivity contribution >= 4 is 22.4 Å². The smallest absolute Gasteiger partial charge is 0.243 e. The second-order valence-corrected chi connectivity index (χ2v) is 7.26. The van der Waals surface area contributed by atoms with Crippen LogP contribution in [0.1, 0.15) is 39.0 Å². The van der Waals surface area contributed by atoms with Crippen LogP contribution < -0.4 is 5.32 Å². The number of rotatable bonds is 4. The summed E-state index contributed by atoms with van der Waals surface area (Å²) in [5.41, 5.74) is 0. The molecule has 2 aliphatic heterocycles. The summed E-state index contributed by atoms with van der Waals surface area (Å²) < 4.78 is 0. The molecule has 0 radical (unpaired) electrons. The average molecular weight is 322 g/mol. The highest BCUT2D eigenvalue weighted by Crippen LogP contribution is 2.22. The van der Waals surface area contributed by atoms with E-state index in [0.29, 0.717) is 5.13 Å². The fraction of sp³-hybridized carbons (Fsp3) is 0.750. The van der Waals surface area contributed by atoms with Crippen LogP contribution in [0.2, 0.25) is 0 Å². The minimum Gasteiger partial charge on any atom is -0.301 e. The Morgan fingerprint density at radius 2 is 2.00 bits per heavy atom. The normalized spacial score (nSPS) is 23.3. The van der Waals surface area contributed by atoms with Gasteiger partial charge in [-0.05, 0) is 45.7 Å². The first-order chi connectivity index (χ1) is 10.7. The number of nitrogens with zero attached hydrogens (tertiary/aromatic N) is 3. The quantitative estimate of drug-likeness (QED) is 0.925. The van der Waals surface area contributed by atoms with Crippen LogP contribution in [-0.4, -0.2) is 59.0 Å². The summed E-state index contributed by atoms with van der Waals surface area (Å²) in [6, 6.07) is 0.650. The molecule has 0 aromatic carbocycles. The zero-order valence-corrected chi connectivity index (χ0v) is 14.1. The lowest BCUT2D eigenvalue weighted by Gasteiger charge is -2.41. The lowest BCUT2D eigenvalue weighted by molar-refractivity contribution is -0.121. The Labute approximate surface area is 136 Å². The van der Waals surface area contributed by atoms with E-state index in [1.807, 2.05) is 12.3 Å². The molecule has 2 aliphatic rings. The molecule has 1 N–H and O–H groups in total. The Bertz CT molecular complexity index is 465. The largest absolute Gasteiger partial charge is 0.301 e. The molecule has 22 heavy (non-hydrogen) atoms. The first-order valence-electron chi connectivity index (χ1n) is 8.42. The third-order valence-corrected chi connectivity index (χ3v) is 5.68. The van der Waals surface area contributed by atoms with Crippen LogP contribution >= 0.6 is 11.3 Å². The van der Waals surface area contributed by atoms with Gasteiger partial charge in [-0.25, -0.2) is 4.98 Å². The molecule has 6 heteroatoms. The van der Waals surface area contributed by atoms with Crippen molar-refractivity contribution in [1.29, 1.82) is 0 Å². The third kappa shape index (κ3) is 3.86. The van der Waals surface area contributed by atoms with E-state index in [1.165, 1.54) is 56.5 Å². The number of anilines is 1. The van der Waals surface area contributed by atoms with Gasteiger partial charge in [0.15, 0.2) is 5.13 Å². The summed E-state index contributed by atoms with van der Waals surface area (Å²) in [5.74, 6) is 0.0615. The lowest BCUT2D eigenvalue weighted by Crippen LogP contribution is -2.51. The maximum Gasteiger partial charge on any atom is 0.243 e. The van der Waals surface area contributed by atoms with Crippen molar-refractivity contribution in [2.45, 2.75) is 51.1 Å². The summed E-state index contributed by atoms with van der Waals surface area (Å²) in [5, 5.41) is 5.48. The zero-order chi connectivity index (χ0) is 15.4. The van der Waals surface area contributed by atoms with E-state index < -0.39 is 0 Å². The standard InChI is InChI=1S/C16H26N4OS/c1-13(15(21)18-16-17-7-12-22-16)19-10-5-14(6-11-19)20-8-3-2-4-9-20/h7,12-14H,2-6,8-11H2,1H3,(H,17,18,21)/t13-/m0/s1. The molecule has 0 saturated carbocycles. The number of carbonyl (C=O) groups is 1. The maximum atomic E-state index is 12.3.